The molecule has 0 unspecified atom stereocenters. The summed E-state index contributed by atoms with van der Waals surface area (Å²) in [5.41, 5.74) is 3.52. The SMILES string of the molecule is N#Cc1c(-n2c3ccccc3c3ccccc32)c(-n2c3ccccc3c3cc(C(F)(F)F)ccc32)c(C#N)c(-n2c3ccccc3c3ccccc32)c1-n1c2ccccc2c2cc(C(F)(F)F)ccc21. The largest absolute Gasteiger partial charge is 0.416 e. The van der Waals surface area contributed by atoms with Crippen LogP contribution in [0.25, 0.3) is 110 Å². The average Bonchev–Trinajstić information content (AvgIpc) is 4.10. The number of rotatable bonds is 4. The summed E-state index contributed by atoms with van der Waals surface area (Å²) < 4.78 is 95.1. The van der Waals surface area contributed by atoms with Gasteiger partial charge in [-0.1, -0.05) is 109 Å². The smallest absolute Gasteiger partial charge is 0.306 e. The molecule has 4 heterocycles. The Labute approximate surface area is 392 Å². The van der Waals surface area contributed by atoms with Crippen molar-refractivity contribution in [3.05, 3.63) is 204 Å². The van der Waals surface area contributed by atoms with Gasteiger partial charge in [0.05, 0.1) is 78.0 Å². The third-order valence-corrected chi connectivity index (χ3v) is 13.7. The maximum atomic E-state index is 14.6. The minimum Gasteiger partial charge on any atom is -0.306 e. The lowest BCUT2D eigenvalue weighted by Gasteiger charge is -2.27. The van der Waals surface area contributed by atoms with Crippen LogP contribution >= 0.6 is 0 Å². The molecule has 12 heteroatoms. The molecule has 0 aliphatic carbocycles. The first-order valence-corrected chi connectivity index (χ1v) is 22.2. The van der Waals surface area contributed by atoms with Crippen molar-refractivity contribution in [1.29, 1.82) is 10.5 Å². The highest BCUT2D eigenvalue weighted by molar-refractivity contribution is 6.16. The van der Waals surface area contributed by atoms with Crippen LogP contribution in [0.4, 0.5) is 26.3 Å². The molecule has 0 aliphatic heterocycles. The summed E-state index contributed by atoms with van der Waals surface area (Å²) in [5.74, 6) is 0. The molecule has 0 N–H and O–H groups in total. The van der Waals surface area contributed by atoms with E-state index in [2.05, 4.69) is 12.1 Å². The van der Waals surface area contributed by atoms with Crippen molar-refractivity contribution < 1.29 is 26.3 Å². The van der Waals surface area contributed by atoms with Crippen LogP contribution in [0.15, 0.2) is 182 Å². The second-order valence-electron chi connectivity index (χ2n) is 17.3. The van der Waals surface area contributed by atoms with E-state index >= 15 is 0 Å². The molecule has 0 atom stereocenters. The molecule has 0 fully saturated rings. The van der Waals surface area contributed by atoms with Gasteiger partial charge in [-0.2, -0.15) is 36.9 Å². The van der Waals surface area contributed by atoms with Gasteiger partial charge >= 0.3 is 12.4 Å². The fourth-order valence-corrected chi connectivity index (χ4v) is 10.9. The molecule has 0 radical (unpaired) electrons. The predicted molar refractivity (Wildman–Crippen MR) is 263 cm³/mol. The number of alkyl halides is 6. The van der Waals surface area contributed by atoms with Crippen molar-refractivity contribution >= 4 is 87.2 Å². The molecule has 4 aromatic heterocycles. The number of hydrogen-bond acceptors (Lipinski definition) is 2. The van der Waals surface area contributed by atoms with Crippen molar-refractivity contribution in [1.82, 2.24) is 18.3 Å². The monoisotopic (exact) mass is 924 g/mol. The van der Waals surface area contributed by atoms with E-state index in [9.17, 15) is 36.9 Å². The van der Waals surface area contributed by atoms with Gasteiger partial charge in [0.2, 0.25) is 0 Å². The van der Waals surface area contributed by atoms with Crippen LogP contribution in [0, 0.1) is 22.7 Å². The Balaban J connectivity index is 1.36. The van der Waals surface area contributed by atoms with Gasteiger partial charge in [-0.25, -0.2) is 0 Å². The highest BCUT2D eigenvalue weighted by Gasteiger charge is 2.37. The Morgan fingerprint density at radius 3 is 0.729 bits per heavy atom. The first-order chi connectivity index (χ1) is 34.0. The zero-order valence-electron chi connectivity index (χ0n) is 36.3. The molecule has 6 nitrogen and oxygen atoms in total. The first-order valence-electron chi connectivity index (χ1n) is 22.2. The van der Waals surface area contributed by atoms with E-state index in [0.29, 0.717) is 54.9 Å². The van der Waals surface area contributed by atoms with Crippen molar-refractivity contribution in [2.75, 3.05) is 0 Å². The number of aromatic nitrogens is 4. The number of benzene rings is 9. The summed E-state index contributed by atoms with van der Waals surface area (Å²) >= 11 is 0. The third kappa shape index (κ3) is 5.62. The molecule has 0 saturated heterocycles. The summed E-state index contributed by atoms with van der Waals surface area (Å²) in [6, 6.07) is 56.9. The third-order valence-electron chi connectivity index (χ3n) is 13.7. The lowest BCUT2D eigenvalue weighted by molar-refractivity contribution is -0.138. The van der Waals surface area contributed by atoms with Gasteiger partial charge < -0.3 is 18.3 Å². The molecule has 9 aromatic carbocycles. The Morgan fingerprint density at radius 1 is 0.286 bits per heavy atom. The van der Waals surface area contributed by atoms with Gasteiger partial charge in [-0.3, -0.25) is 0 Å². The number of fused-ring (bicyclic) bond motifs is 12. The van der Waals surface area contributed by atoms with Gasteiger partial charge in [-0.15, -0.1) is 0 Å². The molecule has 0 amide bonds. The molecule has 13 rings (SSSR count). The Morgan fingerprint density at radius 2 is 0.500 bits per heavy atom. The highest BCUT2D eigenvalue weighted by Crippen LogP contribution is 2.49. The number of nitriles is 2. The molecule has 0 bridgehead atoms. The predicted octanol–water partition coefficient (Wildman–Crippen LogP) is 15.9. The van der Waals surface area contributed by atoms with Crippen molar-refractivity contribution in [2.24, 2.45) is 0 Å². The fourth-order valence-electron chi connectivity index (χ4n) is 10.9. The van der Waals surface area contributed by atoms with Gasteiger partial charge in [0.15, 0.2) is 0 Å². The van der Waals surface area contributed by atoms with Gasteiger partial charge in [0.25, 0.3) is 0 Å². The van der Waals surface area contributed by atoms with E-state index in [0.717, 1.165) is 45.8 Å². The van der Waals surface area contributed by atoms with Crippen LogP contribution in [0.2, 0.25) is 0 Å². The highest BCUT2D eigenvalue weighted by atomic mass is 19.4. The topological polar surface area (TPSA) is 67.3 Å². The number of para-hydroxylation sites is 6. The Hall–Kier alpha value is -9.26. The Bertz CT molecular complexity index is 4090. The van der Waals surface area contributed by atoms with E-state index in [1.165, 1.54) is 12.1 Å². The van der Waals surface area contributed by atoms with E-state index in [-0.39, 0.29) is 44.6 Å². The minimum absolute atomic E-state index is 0.0396. The van der Waals surface area contributed by atoms with E-state index in [4.69, 9.17) is 0 Å². The van der Waals surface area contributed by atoms with E-state index in [1.807, 2.05) is 106 Å². The summed E-state index contributed by atoms with van der Waals surface area (Å²) in [6.07, 6.45) is -9.35. The first kappa shape index (κ1) is 41.0. The average molecular weight is 925 g/mol. The fraction of sp³-hybridized carbons (Fsp3) is 0.0345. The molecule has 0 spiro atoms. The second kappa shape index (κ2) is 14.6. The standard InChI is InChI=1S/C58H30F6N6/c59-57(60,61)33-25-27-51-41(29-33)39-17-5-11-23-49(39)69(51)55-44(32-66)54(68-47-21-9-3-15-37(47)38-16-4-10-22-48(38)68)56(70-50-24-12-6-18-40(50)42-30-34(58(62,63)64)26-28-52(42)70)43(31-65)53(55)67-45-19-7-1-13-35(45)36-14-2-8-20-46(36)67/h1-30H. The maximum absolute atomic E-state index is 14.6. The molecule has 334 valence electrons. The maximum Gasteiger partial charge on any atom is 0.416 e. The van der Waals surface area contributed by atoms with E-state index in [1.54, 1.807) is 57.7 Å². The zero-order valence-corrected chi connectivity index (χ0v) is 36.3. The molecule has 0 aliphatic rings. The summed E-state index contributed by atoms with van der Waals surface area (Å²) in [7, 11) is 0. The van der Waals surface area contributed by atoms with Gasteiger partial charge in [-0.05, 0) is 72.8 Å². The van der Waals surface area contributed by atoms with Gasteiger partial charge in [0.1, 0.15) is 23.3 Å². The van der Waals surface area contributed by atoms with Crippen LogP contribution in [0.3, 0.4) is 0 Å². The second-order valence-corrected chi connectivity index (χ2v) is 17.3. The van der Waals surface area contributed by atoms with Crippen LogP contribution in [-0.2, 0) is 12.4 Å². The molecule has 0 saturated carbocycles. The molecular formula is C58H30F6N6. The van der Waals surface area contributed by atoms with Crippen LogP contribution < -0.4 is 0 Å². The number of nitrogens with zero attached hydrogens (tertiary/aromatic N) is 6. The van der Waals surface area contributed by atoms with Gasteiger partial charge in [0, 0.05) is 43.1 Å². The molecular weight excluding hydrogens is 895 g/mol. The van der Waals surface area contributed by atoms with E-state index < -0.39 is 23.5 Å². The summed E-state index contributed by atoms with van der Waals surface area (Å²) in [5, 5.41) is 29.3. The normalized spacial score (nSPS) is 12.4. The Kier molecular flexibility index (Phi) is 8.56. The van der Waals surface area contributed by atoms with Crippen molar-refractivity contribution in [2.45, 2.75) is 12.4 Å². The number of halogens is 6. The lowest BCUT2D eigenvalue weighted by Crippen LogP contribution is -2.16. The van der Waals surface area contributed by atoms with Crippen molar-refractivity contribution in [3.8, 4) is 34.9 Å². The van der Waals surface area contributed by atoms with Crippen LogP contribution in [-0.4, -0.2) is 18.3 Å². The summed E-state index contributed by atoms with van der Waals surface area (Å²) in [4.78, 5) is 0. The summed E-state index contributed by atoms with van der Waals surface area (Å²) in [6.45, 7) is 0. The quantitative estimate of drug-likeness (QED) is 0.165. The lowest BCUT2D eigenvalue weighted by atomic mass is 9.98. The molecule has 13 aromatic rings. The number of hydrogen-bond donors (Lipinski definition) is 0. The zero-order chi connectivity index (χ0) is 47.8. The van der Waals surface area contributed by atoms with Crippen LogP contribution in [0.1, 0.15) is 22.3 Å². The molecule has 70 heavy (non-hydrogen) atoms. The minimum atomic E-state index is -4.67. The van der Waals surface area contributed by atoms with Crippen LogP contribution in [0.5, 0.6) is 0 Å². The van der Waals surface area contributed by atoms with Crippen molar-refractivity contribution in [3.63, 3.8) is 0 Å².